The van der Waals surface area contributed by atoms with Crippen LogP contribution < -0.4 is 0 Å². The lowest BCUT2D eigenvalue weighted by Gasteiger charge is -2.27. The van der Waals surface area contributed by atoms with Crippen molar-refractivity contribution in [2.75, 3.05) is 13.1 Å². The van der Waals surface area contributed by atoms with Crippen LogP contribution in [0.1, 0.15) is 41.8 Å². The molecule has 0 aliphatic carbocycles. The van der Waals surface area contributed by atoms with Gasteiger partial charge in [0.25, 0.3) is 0 Å². The van der Waals surface area contributed by atoms with Gasteiger partial charge in [0.1, 0.15) is 6.61 Å². The van der Waals surface area contributed by atoms with Crippen molar-refractivity contribution in [2.45, 2.75) is 33.0 Å². The maximum atomic E-state index is 12.3. The molecule has 1 N–H and O–H groups in total. The Morgan fingerprint density at radius 1 is 1.35 bits per heavy atom. The number of hydrogen-bond donors (Lipinski definition) is 1. The molecule has 1 aromatic heterocycles. The van der Waals surface area contributed by atoms with E-state index >= 15 is 0 Å². The molecule has 6 nitrogen and oxygen atoms in total. The van der Waals surface area contributed by atoms with Crippen molar-refractivity contribution in [3.8, 4) is 0 Å². The molecule has 0 fully saturated rings. The number of aryl methyl sites for hydroxylation is 1. The topological polar surface area (TPSA) is 75.6 Å². The van der Waals surface area contributed by atoms with Gasteiger partial charge >= 0.3 is 6.09 Å². The molecule has 3 rings (SSSR count). The number of nitrogens with zero attached hydrogens (tertiary/aromatic N) is 3. The van der Waals surface area contributed by atoms with E-state index in [0.29, 0.717) is 25.2 Å². The summed E-state index contributed by atoms with van der Waals surface area (Å²) >= 11 is 0. The highest BCUT2D eigenvalue weighted by molar-refractivity contribution is 5.74. The zero-order valence-corrected chi connectivity index (χ0v) is 15.1. The number of amides is 1. The van der Waals surface area contributed by atoms with Gasteiger partial charge in [-0.25, -0.2) is 4.79 Å². The molecule has 26 heavy (non-hydrogen) atoms. The quantitative estimate of drug-likeness (QED) is 0.913. The fourth-order valence-corrected chi connectivity index (χ4v) is 3.08. The van der Waals surface area contributed by atoms with E-state index in [0.717, 1.165) is 22.3 Å². The minimum Gasteiger partial charge on any atom is -0.445 e. The first kappa shape index (κ1) is 18.1. The molecule has 1 amide bonds. The molecule has 0 saturated carbocycles. The van der Waals surface area contributed by atoms with Gasteiger partial charge < -0.3 is 14.7 Å². The summed E-state index contributed by atoms with van der Waals surface area (Å²) in [7, 11) is 0. The normalized spacial score (nSPS) is 15.3. The van der Waals surface area contributed by atoms with E-state index < -0.39 is 6.10 Å². The number of ether oxygens (including phenoxy) is 1. The number of benzene rings is 1. The number of carbonyl (C=O) groups is 1. The Bertz CT molecular complexity index is 803. The van der Waals surface area contributed by atoms with Crippen molar-refractivity contribution in [3.63, 3.8) is 0 Å². The standard InChI is InChI=1S/C20H23N3O3/c1-14-12-21-22-19(15(2)24)18(14)17-8-10-23(11-9-17)20(25)26-13-16-6-4-3-5-7-16/h3-8,12,15,24H,9-11,13H2,1-2H3. The van der Waals surface area contributed by atoms with Crippen LogP contribution in [0.5, 0.6) is 0 Å². The van der Waals surface area contributed by atoms with Gasteiger partial charge in [0.2, 0.25) is 0 Å². The van der Waals surface area contributed by atoms with Gasteiger partial charge in [0.05, 0.1) is 18.0 Å². The van der Waals surface area contributed by atoms with Gasteiger partial charge in [-0.2, -0.15) is 10.2 Å². The van der Waals surface area contributed by atoms with E-state index in [2.05, 4.69) is 10.2 Å². The van der Waals surface area contributed by atoms with E-state index in [1.807, 2.05) is 43.3 Å². The number of rotatable bonds is 4. The van der Waals surface area contributed by atoms with Crippen molar-refractivity contribution < 1.29 is 14.6 Å². The molecule has 1 unspecified atom stereocenters. The summed E-state index contributed by atoms with van der Waals surface area (Å²) in [4.78, 5) is 13.9. The highest BCUT2D eigenvalue weighted by atomic mass is 16.6. The zero-order chi connectivity index (χ0) is 18.5. The summed E-state index contributed by atoms with van der Waals surface area (Å²) in [5, 5.41) is 18.0. The van der Waals surface area contributed by atoms with Crippen molar-refractivity contribution in [1.82, 2.24) is 15.1 Å². The second-order valence-corrected chi connectivity index (χ2v) is 6.43. The van der Waals surface area contributed by atoms with Crippen LogP contribution in [0.25, 0.3) is 5.57 Å². The zero-order valence-electron chi connectivity index (χ0n) is 15.1. The first-order chi connectivity index (χ1) is 12.6. The molecule has 0 spiro atoms. The SMILES string of the molecule is Cc1cnnc(C(C)O)c1C1=CCN(C(=O)OCc2ccccc2)CC1. The average molecular weight is 353 g/mol. The molecule has 1 aromatic carbocycles. The van der Waals surface area contributed by atoms with E-state index in [-0.39, 0.29) is 12.7 Å². The third-order valence-corrected chi connectivity index (χ3v) is 4.46. The lowest BCUT2D eigenvalue weighted by Crippen LogP contribution is -2.35. The molecule has 2 heterocycles. The second kappa shape index (κ2) is 8.10. The first-order valence-electron chi connectivity index (χ1n) is 8.71. The van der Waals surface area contributed by atoms with E-state index in [9.17, 15) is 9.90 Å². The smallest absolute Gasteiger partial charge is 0.410 e. The molecule has 0 radical (unpaired) electrons. The highest BCUT2D eigenvalue weighted by Crippen LogP contribution is 2.30. The number of hydrogen-bond acceptors (Lipinski definition) is 5. The lowest BCUT2D eigenvalue weighted by molar-refractivity contribution is 0.0998. The predicted molar refractivity (Wildman–Crippen MR) is 98.2 cm³/mol. The van der Waals surface area contributed by atoms with Gasteiger partial charge in [-0.15, -0.1) is 0 Å². The molecule has 6 heteroatoms. The molecule has 1 atom stereocenters. The van der Waals surface area contributed by atoms with Crippen molar-refractivity contribution in [3.05, 3.63) is 65.0 Å². The number of aromatic nitrogens is 2. The third kappa shape index (κ3) is 4.08. The molecule has 0 saturated heterocycles. The second-order valence-electron chi connectivity index (χ2n) is 6.43. The molecular weight excluding hydrogens is 330 g/mol. The summed E-state index contributed by atoms with van der Waals surface area (Å²) in [6.45, 7) is 4.96. The largest absolute Gasteiger partial charge is 0.445 e. The van der Waals surface area contributed by atoms with Gasteiger partial charge in [-0.1, -0.05) is 36.4 Å². The summed E-state index contributed by atoms with van der Waals surface area (Å²) in [5.74, 6) is 0. The lowest BCUT2D eigenvalue weighted by atomic mass is 9.93. The number of aliphatic hydroxyl groups excluding tert-OH is 1. The van der Waals surface area contributed by atoms with Gasteiger partial charge in [-0.05, 0) is 37.0 Å². The number of aliphatic hydroxyl groups is 1. The van der Waals surface area contributed by atoms with Crippen LogP contribution in [-0.2, 0) is 11.3 Å². The van der Waals surface area contributed by atoms with Gasteiger partial charge in [-0.3, -0.25) is 0 Å². The third-order valence-electron chi connectivity index (χ3n) is 4.46. The molecule has 136 valence electrons. The molecule has 0 bridgehead atoms. The van der Waals surface area contributed by atoms with Crippen molar-refractivity contribution in [2.24, 2.45) is 0 Å². The van der Waals surface area contributed by atoms with Crippen LogP contribution in [0.3, 0.4) is 0 Å². The van der Waals surface area contributed by atoms with Crippen LogP contribution in [0.2, 0.25) is 0 Å². The maximum absolute atomic E-state index is 12.3. The van der Waals surface area contributed by atoms with Gasteiger partial charge in [0.15, 0.2) is 0 Å². The summed E-state index contributed by atoms with van der Waals surface area (Å²) in [6.07, 6.45) is 3.38. The van der Waals surface area contributed by atoms with E-state index in [1.165, 1.54) is 0 Å². The Labute approximate surface area is 153 Å². The van der Waals surface area contributed by atoms with Crippen LogP contribution in [-0.4, -0.2) is 39.4 Å². The minimum absolute atomic E-state index is 0.270. The van der Waals surface area contributed by atoms with Crippen molar-refractivity contribution in [1.29, 1.82) is 0 Å². The van der Waals surface area contributed by atoms with Gasteiger partial charge in [0, 0.05) is 18.7 Å². The molecule has 2 aromatic rings. The summed E-state index contributed by atoms with van der Waals surface area (Å²) < 4.78 is 5.39. The molecular formula is C20H23N3O3. The first-order valence-corrected chi connectivity index (χ1v) is 8.71. The van der Waals surface area contributed by atoms with Crippen LogP contribution in [0.15, 0.2) is 42.6 Å². The number of carbonyl (C=O) groups excluding carboxylic acids is 1. The summed E-state index contributed by atoms with van der Waals surface area (Å²) in [5.41, 5.74) is 4.54. The minimum atomic E-state index is -0.688. The molecule has 1 aliphatic heterocycles. The fraction of sp³-hybridized carbons (Fsp3) is 0.350. The fourth-order valence-electron chi connectivity index (χ4n) is 3.08. The Hall–Kier alpha value is -2.73. The Morgan fingerprint density at radius 2 is 2.12 bits per heavy atom. The van der Waals surface area contributed by atoms with Crippen LogP contribution in [0.4, 0.5) is 4.79 Å². The Balaban J connectivity index is 1.66. The highest BCUT2D eigenvalue weighted by Gasteiger charge is 2.23. The summed E-state index contributed by atoms with van der Waals surface area (Å²) in [6, 6.07) is 9.63. The van der Waals surface area contributed by atoms with Crippen LogP contribution >= 0.6 is 0 Å². The predicted octanol–water partition coefficient (Wildman–Crippen LogP) is 3.26. The monoisotopic (exact) mass is 353 g/mol. The van der Waals surface area contributed by atoms with Crippen LogP contribution in [0, 0.1) is 6.92 Å². The molecule has 1 aliphatic rings. The van der Waals surface area contributed by atoms with E-state index in [1.54, 1.807) is 18.0 Å². The Kier molecular flexibility index (Phi) is 5.63. The maximum Gasteiger partial charge on any atom is 0.410 e. The van der Waals surface area contributed by atoms with Crippen molar-refractivity contribution >= 4 is 11.7 Å². The Morgan fingerprint density at radius 3 is 2.77 bits per heavy atom. The average Bonchev–Trinajstić information content (AvgIpc) is 2.67. The van der Waals surface area contributed by atoms with E-state index in [4.69, 9.17) is 4.74 Å².